The van der Waals surface area contributed by atoms with E-state index in [9.17, 15) is 9.18 Å². The maximum absolute atomic E-state index is 12.7. The Bertz CT molecular complexity index is 412. The molecule has 0 aromatic heterocycles. The lowest BCUT2D eigenvalue weighted by atomic mass is 10.1. The van der Waals surface area contributed by atoms with Gasteiger partial charge in [0.1, 0.15) is 11.9 Å². The quantitative estimate of drug-likeness (QED) is 0.788. The Labute approximate surface area is 99.0 Å². The molecule has 0 aliphatic rings. The van der Waals surface area contributed by atoms with Crippen LogP contribution in [0, 0.1) is 17.1 Å². The molecule has 0 bridgehead atoms. The highest BCUT2D eigenvalue weighted by Crippen LogP contribution is 2.12. The Balaban J connectivity index is 2.58. The van der Waals surface area contributed by atoms with Crippen molar-refractivity contribution in [1.82, 2.24) is 5.32 Å². The first-order chi connectivity index (χ1) is 8.17. The first-order valence-electron chi connectivity index (χ1n) is 5.21. The molecule has 0 spiro atoms. The summed E-state index contributed by atoms with van der Waals surface area (Å²) >= 11 is 0. The molecule has 0 fully saturated rings. The Morgan fingerprint density at radius 2 is 2.18 bits per heavy atom. The van der Waals surface area contributed by atoms with Gasteiger partial charge in [0.15, 0.2) is 0 Å². The van der Waals surface area contributed by atoms with E-state index >= 15 is 0 Å². The summed E-state index contributed by atoms with van der Waals surface area (Å²) in [6.07, 6.45) is 0. The second-order valence-electron chi connectivity index (χ2n) is 3.30. The largest absolute Gasteiger partial charge is 0.465 e. The fourth-order valence-electron chi connectivity index (χ4n) is 1.29. The number of nitrogens with one attached hydrogen (secondary N) is 1. The number of hydrogen-bond acceptors (Lipinski definition) is 4. The van der Waals surface area contributed by atoms with E-state index < -0.39 is 12.0 Å². The van der Waals surface area contributed by atoms with Crippen molar-refractivity contribution in [2.24, 2.45) is 0 Å². The molecule has 1 N–H and O–H groups in total. The summed E-state index contributed by atoms with van der Waals surface area (Å²) in [5.74, 6) is -0.786. The summed E-state index contributed by atoms with van der Waals surface area (Å²) in [5, 5.41) is 11.7. The van der Waals surface area contributed by atoms with Gasteiger partial charge in [0, 0.05) is 0 Å². The molecule has 1 aromatic rings. The van der Waals surface area contributed by atoms with Gasteiger partial charge in [-0.1, -0.05) is 12.1 Å². The summed E-state index contributed by atoms with van der Waals surface area (Å²) in [6, 6.07) is 6.88. The van der Waals surface area contributed by atoms with Gasteiger partial charge in [0.2, 0.25) is 0 Å². The first kappa shape index (κ1) is 13.1. The Morgan fingerprint density at radius 1 is 1.53 bits per heavy atom. The number of benzene rings is 1. The van der Waals surface area contributed by atoms with Crippen LogP contribution in [0.15, 0.2) is 24.3 Å². The summed E-state index contributed by atoms with van der Waals surface area (Å²) in [4.78, 5) is 11.1. The number of hydrogen-bond donors (Lipinski definition) is 1. The minimum absolute atomic E-state index is 0.0521. The van der Waals surface area contributed by atoms with E-state index in [0.717, 1.165) is 0 Å². The normalized spacial score (nSPS) is 11.6. The molecule has 4 nitrogen and oxygen atoms in total. The van der Waals surface area contributed by atoms with Gasteiger partial charge in [-0.2, -0.15) is 5.26 Å². The number of nitrogens with zero attached hydrogens (tertiary/aromatic N) is 1. The average Bonchev–Trinajstić information content (AvgIpc) is 2.32. The molecule has 1 rings (SSSR count). The van der Waals surface area contributed by atoms with Crippen LogP contribution < -0.4 is 5.32 Å². The van der Waals surface area contributed by atoms with Crippen molar-refractivity contribution in [2.45, 2.75) is 13.0 Å². The summed E-state index contributed by atoms with van der Waals surface area (Å²) in [5.41, 5.74) is 0.609. The lowest BCUT2D eigenvalue weighted by Gasteiger charge is -2.11. The van der Waals surface area contributed by atoms with Crippen molar-refractivity contribution in [3.63, 3.8) is 0 Å². The third-order valence-electron chi connectivity index (χ3n) is 2.09. The van der Waals surface area contributed by atoms with Crippen LogP contribution in [0.25, 0.3) is 0 Å². The fourth-order valence-corrected chi connectivity index (χ4v) is 1.29. The van der Waals surface area contributed by atoms with E-state index in [1.807, 2.05) is 6.07 Å². The lowest BCUT2D eigenvalue weighted by Crippen LogP contribution is -2.28. The number of nitriles is 1. The van der Waals surface area contributed by atoms with Crippen LogP contribution in [0.4, 0.5) is 4.39 Å². The molecular formula is C12H13FN2O2. The third kappa shape index (κ3) is 4.21. The molecule has 0 aliphatic heterocycles. The lowest BCUT2D eigenvalue weighted by molar-refractivity contribution is -0.142. The van der Waals surface area contributed by atoms with Crippen LogP contribution in [-0.2, 0) is 9.53 Å². The van der Waals surface area contributed by atoms with Crippen LogP contribution in [0.2, 0.25) is 0 Å². The standard InChI is InChI=1S/C12H13FN2O2/c1-2-17-12(16)8-15-11(7-14)9-3-5-10(13)6-4-9/h3-6,11,15H,2,8H2,1H3. The van der Waals surface area contributed by atoms with Gasteiger partial charge < -0.3 is 4.74 Å². The molecule has 5 heteroatoms. The van der Waals surface area contributed by atoms with Crippen molar-refractivity contribution in [3.8, 4) is 6.07 Å². The zero-order valence-corrected chi connectivity index (χ0v) is 9.44. The van der Waals surface area contributed by atoms with Crippen molar-refractivity contribution in [1.29, 1.82) is 5.26 Å². The van der Waals surface area contributed by atoms with Crippen LogP contribution in [-0.4, -0.2) is 19.1 Å². The second kappa shape index (κ2) is 6.61. The Morgan fingerprint density at radius 3 is 2.71 bits per heavy atom. The van der Waals surface area contributed by atoms with E-state index in [-0.39, 0.29) is 12.4 Å². The molecular weight excluding hydrogens is 223 g/mol. The van der Waals surface area contributed by atoms with Gasteiger partial charge in [-0.15, -0.1) is 0 Å². The van der Waals surface area contributed by atoms with Crippen molar-refractivity contribution in [3.05, 3.63) is 35.6 Å². The Hall–Kier alpha value is -1.93. The number of ether oxygens (including phenoxy) is 1. The topological polar surface area (TPSA) is 62.1 Å². The van der Waals surface area contributed by atoms with Gasteiger partial charge in [-0.25, -0.2) is 4.39 Å². The van der Waals surface area contributed by atoms with Crippen molar-refractivity contribution < 1.29 is 13.9 Å². The molecule has 0 saturated heterocycles. The summed E-state index contributed by atoms with van der Waals surface area (Å²) in [6.45, 7) is 1.96. The van der Waals surface area contributed by atoms with E-state index in [1.54, 1.807) is 6.92 Å². The molecule has 1 aromatic carbocycles. The number of halogens is 1. The number of carbonyl (C=O) groups is 1. The van der Waals surface area contributed by atoms with Gasteiger partial charge in [0.05, 0.1) is 19.2 Å². The third-order valence-corrected chi connectivity index (χ3v) is 2.09. The molecule has 90 valence electrons. The maximum Gasteiger partial charge on any atom is 0.319 e. The minimum atomic E-state index is -0.653. The van der Waals surface area contributed by atoms with Crippen LogP contribution in [0.5, 0.6) is 0 Å². The van der Waals surface area contributed by atoms with E-state index in [4.69, 9.17) is 10.00 Å². The van der Waals surface area contributed by atoms with Crippen LogP contribution in [0.3, 0.4) is 0 Å². The van der Waals surface area contributed by atoms with Gasteiger partial charge in [-0.05, 0) is 24.6 Å². The van der Waals surface area contributed by atoms with Gasteiger partial charge in [-0.3, -0.25) is 10.1 Å². The van der Waals surface area contributed by atoms with Gasteiger partial charge >= 0.3 is 5.97 Å². The van der Waals surface area contributed by atoms with E-state index in [0.29, 0.717) is 12.2 Å². The molecule has 0 aliphatic carbocycles. The number of carbonyl (C=O) groups excluding carboxylic acids is 1. The summed E-state index contributed by atoms with van der Waals surface area (Å²) < 4.78 is 17.4. The van der Waals surface area contributed by atoms with E-state index in [1.165, 1.54) is 24.3 Å². The van der Waals surface area contributed by atoms with Crippen molar-refractivity contribution >= 4 is 5.97 Å². The molecule has 0 radical (unpaired) electrons. The zero-order valence-electron chi connectivity index (χ0n) is 9.44. The highest BCUT2D eigenvalue weighted by molar-refractivity contribution is 5.71. The Kier molecular flexibility index (Phi) is 5.11. The smallest absolute Gasteiger partial charge is 0.319 e. The monoisotopic (exact) mass is 236 g/mol. The van der Waals surface area contributed by atoms with Crippen LogP contribution >= 0.6 is 0 Å². The molecule has 0 heterocycles. The van der Waals surface area contributed by atoms with Crippen molar-refractivity contribution in [2.75, 3.05) is 13.2 Å². The average molecular weight is 236 g/mol. The molecule has 1 unspecified atom stereocenters. The van der Waals surface area contributed by atoms with Crippen LogP contribution in [0.1, 0.15) is 18.5 Å². The fraction of sp³-hybridized carbons (Fsp3) is 0.333. The highest BCUT2D eigenvalue weighted by atomic mass is 19.1. The number of rotatable bonds is 5. The number of esters is 1. The zero-order chi connectivity index (χ0) is 12.7. The maximum atomic E-state index is 12.7. The molecule has 1 atom stereocenters. The summed E-state index contributed by atoms with van der Waals surface area (Å²) in [7, 11) is 0. The van der Waals surface area contributed by atoms with E-state index in [2.05, 4.69) is 5.32 Å². The molecule has 0 saturated carbocycles. The minimum Gasteiger partial charge on any atom is -0.465 e. The highest BCUT2D eigenvalue weighted by Gasteiger charge is 2.12. The first-order valence-corrected chi connectivity index (χ1v) is 5.21. The molecule has 17 heavy (non-hydrogen) atoms. The second-order valence-corrected chi connectivity index (χ2v) is 3.30. The SMILES string of the molecule is CCOC(=O)CNC(C#N)c1ccc(F)cc1. The van der Waals surface area contributed by atoms with Gasteiger partial charge in [0.25, 0.3) is 0 Å². The molecule has 0 amide bonds. The predicted molar refractivity (Wildman–Crippen MR) is 59.4 cm³/mol. The predicted octanol–water partition coefficient (Wildman–Crippen LogP) is 1.54.